The summed E-state index contributed by atoms with van der Waals surface area (Å²) < 4.78 is 32.0. The minimum atomic E-state index is -1.79. The molecule has 0 radical (unpaired) electrons. The smallest absolute Gasteiger partial charge is 0.187 e. The molecule has 0 aliphatic carbocycles. The molecule has 0 bridgehead atoms. The lowest BCUT2D eigenvalue weighted by Gasteiger charge is -2.35. The molecule has 1 heterocycles. The van der Waals surface area contributed by atoms with Gasteiger partial charge in [-0.25, -0.2) is 0 Å². The summed E-state index contributed by atoms with van der Waals surface area (Å²) >= 11 is 0. The van der Waals surface area contributed by atoms with Crippen molar-refractivity contribution in [2.24, 2.45) is 0 Å². The van der Waals surface area contributed by atoms with E-state index < -0.39 is 33.3 Å². The topological polar surface area (TPSA) is 46.2 Å². The van der Waals surface area contributed by atoms with Crippen LogP contribution in [0, 0.1) is 0 Å². The average Bonchev–Trinajstić information content (AvgIpc) is 2.59. The summed E-state index contributed by atoms with van der Waals surface area (Å²) in [6.45, 7) is 26.9. The Morgan fingerprint density at radius 1 is 0.577 bits per heavy atom. The molecule has 1 aliphatic rings. The molecule has 0 spiro atoms. The summed E-state index contributed by atoms with van der Waals surface area (Å²) in [5.41, 5.74) is 0. The van der Waals surface area contributed by atoms with Crippen molar-refractivity contribution in [1.29, 1.82) is 0 Å². The van der Waals surface area contributed by atoms with E-state index >= 15 is 0 Å². The van der Waals surface area contributed by atoms with Gasteiger partial charge in [-0.1, -0.05) is 0 Å². The second kappa shape index (κ2) is 8.58. The van der Waals surface area contributed by atoms with Crippen LogP contribution in [0.5, 0.6) is 0 Å². The van der Waals surface area contributed by atoms with Crippen LogP contribution in [0.1, 0.15) is 0 Å². The van der Waals surface area contributed by atoms with Gasteiger partial charge in [-0.2, -0.15) is 0 Å². The van der Waals surface area contributed by atoms with Gasteiger partial charge in [0.05, 0.1) is 6.61 Å². The second-order valence-corrected chi connectivity index (χ2v) is 29.0. The highest BCUT2D eigenvalue weighted by atomic mass is 28.4. The van der Waals surface area contributed by atoms with Crippen molar-refractivity contribution < 1.29 is 22.4 Å². The molecular weight excluding hydrogens is 397 g/mol. The van der Waals surface area contributed by atoms with Crippen molar-refractivity contribution in [3.8, 4) is 0 Å². The normalized spacial score (nSPS) is 28.6. The predicted octanol–water partition coefficient (Wildman–Crippen LogP) is 4.85. The quantitative estimate of drug-likeness (QED) is 0.481. The predicted molar refractivity (Wildman–Crippen MR) is 119 cm³/mol. The van der Waals surface area contributed by atoms with Gasteiger partial charge in [0.25, 0.3) is 0 Å². The zero-order valence-corrected chi connectivity index (χ0v) is 23.1. The molecule has 0 aromatic carbocycles. The molecule has 26 heavy (non-hydrogen) atoms. The number of ether oxygens (including phenoxy) is 1. The van der Waals surface area contributed by atoms with Crippen LogP contribution in [0.2, 0.25) is 78.6 Å². The van der Waals surface area contributed by atoms with E-state index in [4.69, 9.17) is 22.4 Å². The fourth-order valence-electron chi connectivity index (χ4n) is 2.69. The molecule has 1 rings (SSSR count). The van der Waals surface area contributed by atoms with E-state index in [1.807, 2.05) is 0 Å². The number of rotatable bonds is 9. The Balaban J connectivity index is 3.10. The van der Waals surface area contributed by atoms with Crippen molar-refractivity contribution in [2.45, 2.75) is 103 Å². The highest BCUT2D eigenvalue weighted by Crippen LogP contribution is 2.33. The molecule has 1 fully saturated rings. The first kappa shape index (κ1) is 24.7. The van der Waals surface area contributed by atoms with E-state index in [1.165, 1.54) is 0 Å². The summed E-state index contributed by atoms with van der Waals surface area (Å²) in [5.74, 6) is 0. The fourth-order valence-corrected chi connectivity index (χ4v) is 6.40. The third-order valence-electron chi connectivity index (χ3n) is 3.40. The summed E-state index contributed by atoms with van der Waals surface area (Å²) in [7, 11) is -6.99. The van der Waals surface area contributed by atoms with Crippen molar-refractivity contribution in [3.63, 3.8) is 0 Å². The van der Waals surface area contributed by atoms with E-state index in [9.17, 15) is 0 Å². The van der Waals surface area contributed by atoms with Crippen LogP contribution < -0.4 is 0 Å². The van der Waals surface area contributed by atoms with Crippen LogP contribution in [0.15, 0.2) is 0 Å². The van der Waals surface area contributed by atoms with Gasteiger partial charge in [0.1, 0.15) is 18.3 Å². The van der Waals surface area contributed by atoms with E-state index in [1.54, 1.807) is 0 Å². The number of hydrogen-bond acceptors (Lipinski definition) is 5. The van der Waals surface area contributed by atoms with Crippen molar-refractivity contribution in [3.05, 3.63) is 0 Å². The minimum Gasteiger partial charge on any atom is -0.415 e. The largest absolute Gasteiger partial charge is 0.415 e. The monoisotopic (exact) mass is 438 g/mol. The molecule has 5 nitrogen and oxygen atoms in total. The van der Waals surface area contributed by atoms with E-state index in [2.05, 4.69) is 78.6 Å². The van der Waals surface area contributed by atoms with E-state index in [-0.39, 0.29) is 24.6 Å². The van der Waals surface area contributed by atoms with Crippen molar-refractivity contribution in [2.75, 3.05) is 6.61 Å². The molecule has 9 heteroatoms. The van der Waals surface area contributed by atoms with Crippen LogP contribution in [0.25, 0.3) is 0 Å². The molecule has 0 amide bonds. The van der Waals surface area contributed by atoms with Crippen LogP contribution in [-0.2, 0) is 22.4 Å². The maximum absolute atomic E-state index is 6.56. The zero-order chi connectivity index (χ0) is 20.6. The van der Waals surface area contributed by atoms with Crippen LogP contribution in [0.3, 0.4) is 0 Å². The highest BCUT2D eigenvalue weighted by Gasteiger charge is 2.51. The molecule has 156 valence electrons. The Kier molecular flexibility index (Phi) is 8.15. The summed E-state index contributed by atoms with van der Waals surface area (Å²) in [6, 6.07) is 0. The maximum atomic E-state index is 6.56. The standard InChI is InChI=1S/C17H42O5Si4/c1-23(2,3)18-13-14-15(20-24(4,5)6)16(21-25(7,8)9)17(19-14)22-26(10,11)12/h14-17H,13H2,1-12H3/t14-,15-,16+,17-/m1/s1. The first-order valence-electron chi connectivity index (χ1n) is 9.69. The number of hydrogen-bond donors (Lipinski definition) is 0. The Bertz CT molecular complexity index is 448. The third kappa shape index (κ3) is 9.74. The molecule has 0 saturated carbocycles. The average molecular weight is 439 g/mol. The molecule has 1 saturated heterocycles. The van der Waals surface area contributed by atoms with Crippen LogP contribution in [-0.4, -0.2) is 64.5 Å². The van der Waals surface area contributed by atoms with Gasteiger partial charge in [0.2, 0.25) is 0 Å². The third-order valence-corrected chi connectivity index (χ3v) is 7.33. The van der Waals surface area contributed by atoms with Gasteiger partial charge in [-0.05, 0) is 78.6 Å². The lowest BCUT2D eigenvalue weighted by Crippen LogP contribution is -2.50. The lowest BCUT2D eigenvalue weighted by molar-refractivity contribution is -0.116. The summed E-state index contributed by atoms with van der Waals surface area (Å²) in [4.78, 5) is 0. The van der Waals surface area contributed by atoms with Crippen molar-refractivity contribution >= 4 is 33.3 Å². The minimum absolute atomic E-state index is 0.133. The van der Waals surface area contributed by atoms with Gasteiger partial charge >= 0.3 is 0 Å². The Hall–Kier alpha value is 0.668. The maximum Gasteiger partial charge on any atom is 0.187 e. The Morgan fingerprint density at radius 3 is 1.38 bits per heavy atom. The molecular formula is C17H42O5Si4. The lowest BCUT2D eigenvalue weighted by atomic mass is 10.1. The van der Waals surface area contributed by atoms with E-state index in [0.29, 0.717) is 6.61 Å². The SMILES string of the molecule is C[Si](C)(C)OC[C@H]1O[C@H](O[Si](C)(C)C)[C@@H](O[Si](C)(C)C)[C@@H]1O[Si](C)(C)C. The van der Waals surface area contributed by atoms with Gasteiger partial charge in [0.15, 0.2) is 39.6 Å². The summed E-state index contributed by atoms with van der Waals surface area (Å²) in [6.07, 6.45) is -0.831. The molecule has 0 N–H and O–H groups in total. The van der Waals surface area contributed by atoms with Gasteiger partial charge < -0.3 is 22.4 Å². The first-order chi connectivity index (χ1) is 11.4. The summed E-state index contributed by atoms with van der Waals surface area (Å²) in [5, 5.41) is 0. The van der Waals surface area contributed by atoms with Gasteiger partial charge in [-0.3, -0.25) is 0 Å². The van der Waals surface area contributed by atoms with Gasteiger partial charge in [-0.15, -0.1) is 0 Å². The van der Waals surface area contributed by atoms with Gasteiger partial charge in [0, 0.05) is 0 Å². The van der Waals surface area contributed by atoms with Crippen LogP contribution in [0.4, 0.5) is 0 Å². The first-order valence-corrected chi connectivity index (χ1v) is 23.3. The molecule has 1 aliphatic heterocycles. The fraction of sp³-hybridized carbons (Fsp3) is 1.00. The molecule has 0 aromatic heterocycles. The zero-order valence-electron chi connectivity index (χ0n) is 19.1. The second-order valence-electron chi connectivity index (χ2n) is 11.1. The Labute approximate surface area is 165 Å². The van der Waals surface area contributed by atoms with Crippen molar-refractivity contribution in [1.82, 2.24) is 0 Å². The van der Waals surface area contributed by atoms with Crippen LogP contribution >= 0.6 is 0 Å². The molecule has 0 unspecified atom stereocenters. The highest BCUT2D eigenvalue weighted by molar-refractivity contribution is 6.71. The molecule has 4 atom stereocenters. The molecule has 0 aromatic rings. The Morgan fingerprint density at radius 2 is 1.00 bits per heavy atom. The van der Waals surface area contributed by atoms with E-state index in [0.717, 1.165) is 0 Å².